The summed E-state index contributed by atoms with van der Waals surface area (Å²) in [5.41, 5.74) is -5.21. The highest BCUT2D eigenvalue weighted by Crippen LogP contribution is 2.54. The van der Waals surface area contributed by atoms with Crippen LogP contribution >= 0.6 is 11.6 Å². The zero-order chi connectivity index (χ0) is 25.1. The predicted molar refractivity (Wildman–Crippen MR) is 110 cm³/mol. The normalized spacial score (nSPS) is 21.3. The van der Waals surface area contributed by atoms with Crippen LogP contribution in [0.15, 0.2) is 36.4 Å². The van der Waals surface area contributed by atoms with Gasteiger partial charge in [0.2, 0.25) is 0 Å². The Morgan fingerprint density at radius 1 is 1.00 bits per heavy atom. The summed E-state index contributed by atoms with van der Waals surface area (Å²) in [5, 5.41) is 9.37. The lowest BCUT2D eigenvalue weighted by molar-refractivity contribution is -0.348. The Bertz CT molecular complexity index is 1100. The Morgan fingerprint density at radius 2 is 1.68 bits per heavy atom. The number of rotatable bonds is 4. The number of carbonyl (C=O) groups is 1. The number of carboxylic acid groups (broad SMARTS) is 1. The van der Waals surface area contributed by atoms with Gasteiger partial charge in [-0.05, 0) is 54.6 Å². The molecule has 1 aliphatic carbocycles. The third kappa shape index (κ3) is 4.04. The molecule has 3 nitrogen and oxygen atoms in total. The molecule has 2 atom stereocenters. The predicted octanol–water partition coefficient (Wildman–Crippen LogP) is 6.63. The summed E-state index contributed by atoms with van der Waals surface area (Å²) in [5.74, 6) is -1.23. The first-order valence-electron chi connectivity index (χ1n) is 10.5. The number of aryl methyl sites for hydroxylation is 1. The zero-order valence-corrected chi connectivity index (χ0v) is 18.2. The van der Waals surface area contributed by atoms with E-state index in [-0.39, 0.29) is 23.9 Å². The van der Waals surface area contributed by atoms with Crippen LogP contribution in [0.4, 0.5) is 30.7 Å². The molecule has 1 heterocycles. The Hall–Kier alpha value is -2.33. The number of hydrogen-bond acceptors (Lipinski definition) is 2. The first-order chi connectivity index (χ1) is 15.7. The van der Waals surface area contributed by atoms with Crippen molar-refractivity contribution < 1.29 is 40.6 Å². The van der Waals surface area contributed by atoms with Crippen molar-refractivity contribution >= 4 is 17.6 Å². The SMILES string of the molecule is O=C(O)c1ccc(CN2CC[C@H]3c4ccc(C(F)(C(F)(F)F)C(F)(F)F)cc4CCC32)c(Cl)c1. The lowest BCUT2D eigenvalue weighted by atomic mass is 9.77. The molecule has 0 radical (unpaired) electrons. The lowest BCUT2D eigenvalue weighted by Crippen LogP contribution is -2.50. The maximum atomic E-state index is 14.5. The standard InChI is InChI=1S/C23H19ClF7NO2/c24-18-10-13(20(33)34)1-2-14(18)11-32-8-7-17-16-5-4-15(9-12(16)3-6-19(17)32)21(25,22(26,27)28)23(29,30)31/h1-2,4-5,9-10,17,19H,3,6-8,11H2,(H,33,34)/t17-,19?/m0/s1. The van der Waals surface area contributed by atoms with Gasteiger partial charge in [-0.2, -0.15) is 26.3 Å². The molecule has 34 heavy (non-hydrogen) atoms. The molecule has 1 unspecified atom stereocenters. The first-order valence-corrected chi connectivity index (χ1v) is 10.8. The van der Waals surface area contributed by atoms with Gasteiger partial charge in [0, 0.05) is 29.1 Å². The fourth-order valence-corrected chi connectivity index (χ4v) is 5.32. The summed E-state index contributed by atoms with van der Waals surface area (Å²) < 4.78 is 93.4. The van der Waals surface area contributed by atoms with Crippen LogP contribution in [0.25, 0.3) is 0 Å². The van der Waals surface area contributed by atoms with E-state index in [0.717, 1.165) is 0 Å². The van der Waals surface area contributed by atoms with Crippen LogP contribution < -0.4 is 0 Å². The van der Waals surface area contributed by atoms with E-state index in [1.165, 1.54) is 18.2 Å². The summed E-state index contributed by atoms with van der Waals surface area (Å²) >= 11 is 6.23. The fraction of sp³-hybridized carbons (Fsp3) is 0.435. The van der Waals surface area contributed by atoms with E-state index >= 15 is 0 Å². The molecule has 2 aliphatic rings. The van der Waals surface area contributed by atoms with Crippen molar-refractivity contribution in [1.29, 1.82) is 0 Å². The Morgan fingerprint density at radius 3 is 2.26 bits per heavy atom. The van der Waals surface area contributed by atoms with E-state index < -0.39 is 29.6 Å². The van der Waals surface area contributed by atoms with Gasteiger partial charge in [-0.1, -0.05) is 35.9 Å². The summed E-state index contributed by atoms with van der Waals surface area (Å²) in [7, 11) is 0. The van der Waals surface area contributed by atoms with Gasteiger partial charge in [0.25, 0.3) is 0 Å². The molecule has 4 rings (SSSR count). The van der Waals surface area contributed by atoms with Gasteiger partial charge in [0.1, 0.15) is 0 Å². The van der Waals surface area contributed by atoms with Crippen molar-refractivity contribution in [3.05, 3.63) is 69.2 Å². The molecule has 11 heteroatoms. The molecule has 0 spiro atoms. The van der Waals surface area contributed by atoms with E-state index in [0.29, 0.717) is 59.8 Å². The number of aromatic carboxylic acids is 1. The minimum atomic E-state index is -6.14. The molecule has 2 aromatic carbocycles. The van der Waals surface area contributed by atoms with Crippen LogP contribution in [0.2, 0.25) is 5.02 Å². The molecule has 2 aromatic rings. The molecule has 0 saturated carbocycles. The number of carboxylic acids is 1. The number of alkyl halides is 7. The number of fused-ring (bicyclic) bond motifs is 3. The highest BCUT2D eigenvalue weighted by molar-refractivity contribution is 6.31. The van der Waals surface area contributed by atoms with Gasteiger partial charge < -0.3 is 5.11 Å². The molecule has 0 aromatic heterocycles. The maximum Gasteiger partial charge on any atom is 0.435 e. The Labute approximate surface area is 195 Å². The van der Waals surface area contributed by atoms with Crippen LogP contribution in [-0.2, 0) is 18.6 Å². The van der Waals surface area contributed by atoms with E-state index in [2.05, 4.69) is 4.90 Å². The molecule has 0 amide bonds. The number of halogens is 8. The van der Waals surface area contributed by atoms with Crippen LogP contribution in [-0.4, -0.2) is 40.9 Å². The average molecular weight is 510 g/mol. The van der Waals surface area contributed by atoms with E-state index in [4.69, 9.17) is 16.7 Å². The maximum absolute atomic E-state index is 14.5. The Kier molecular flexibility index (Phi) is 6.13. The highest BCUT2D eigenvalue weighted by Gasteiger charge is 2.73. The third-order valence-electron chi connectivity index (χ3n) is 6.77. The molecule has 1 N–H and O–H groups in total. The van der Waals surface area contributed by atoms with Crippen molar-refractivity contribution in [2.24, 2.45) is 0 Å². The number of nitrogens with zero attached hydrogens (tertiary/aromatic N) is 1. The molecule has 1 saturated heterocycles. The van der Waals surface area contributed by atoms with Gasteiger partial charge in [-0.15, -0.1) is 0 Å². The van der Waals surface area contributed by atoms with Crippen molar-refractivity contribution in [2.45, 2.75) is 55.8 Å². The molecule has 1 aliphatic heterocycles. The van der Waals surface area contributed by atoms with Gasteiger partial charge in [-0.3, -0.25) is 4.90 Å². The quantitative estimate of drug-likeness (QED) is 0.470. The minimum Gasteiger partial charge on any atom is -0.478 e. The lowest BCUT2D eigenvalue weighted by Gasteiger charge is -2.35. The van der Waals surface area contributed by atoms with Crippen molar-refractivity contribution in [3.8, 4) is 0 Å². The van der Waals surface area contributed by atoms with E-state index in [9.17, 15) is 35.5 Å². The highest BCUT2D eigenvalue weighted by atomic mass is 35.5. The second-order valence-corrected chi connectivity index (χ2v) is 9.06. The third-order valence-corrected chi connectivity index (χ3v) is 7.12. The molecular formula is C23H19ClF7NO2. The second-order valence-electron chi connectivity index (χ2n) is 8.65. The number of benzene rings is 2. The molecule has 184 valence electrons. The smallest absolute Gasteiger partial charge is 0.435 e. The Balaban J connectivity index is 1.59. The molecule has 0 bridgehead atoms. The average Bonchev–Trinajstić information content (AvgIpc) is 3.15. The van der Waals surface area contributed by atoms with Crippen molar-refractivity contribution in [3.63, 3.8) is 0 Å². The van der Waals surface area contributed by atoms with Crippen LogP contribution in [0, 0.1) is 0 Å². The monoisotopic (exact) mass is 509 g/mol. The summed E-state index contributed by atoms with van der Waals surface area (Å²) in [6.07, 6.45) is -11.0. The fourth-order valence-electron chi connectivity index (χ4n) is 5.08. The molecule has 1 fully saturated rings. The summed E-state index contributed by atoms with van der Waals surface area (Å²) in [6.45, 7) is 1.04. The summed E-state index contributed by atoms with van der Waals surface area (Å²) in [4.78, 5) is 13.2. The van der Waals surface area contributed by atoms with Crippen LogP contribution in [0.3, 0.4) is 0 Å². The zero-order valence-electron chi connectivity index (χ0n) is 17.5. The number of likely N-dealkylation sites (tertiary alicyclic amines) is 1. The van der Waals surface area contributed by atoms with Gasteiger partial charge in [0.05, 0.1) is 5.56 Å². The topological polar surface area (TPSA) is 40.5 Å². The van der Waals surface area contributed by atoms with Gasteiger partial charge in [-0.25, -0.2) is 9.18 Å². The van der Waals surface area contributed by atoms with Crippen molar-refractivity contribution in [2.75, 3.05) is 6.54 Å². The van der Waals surface area contributed by atoms with Crippen LogP contribution in [0.1, 0.15) is 51.4 Å². The van der Waals surface area contributed by atoms with Crippen molar-refractivity contribution in [1.82, 2.24) is 4.90 Å². The first kappa shape index (κ1) is 24.8. The van der Waals surface area contributed by atoms with Gasteiger partial charge >= 0.3 is 24.0 Å². The van der Waals surface area contributed by atoms with Crippen LogP contribution in [0.5, 0.6) is 0 Å². The second kappa shape index (κ2) is 8.41. The summed E-state index contributed by atoms with van der Waals surface area (Å²) in [6, 6.07) is 6.88. The van der Waals surface area contributed by atoms with E-state index in [1.807, 2.05) is 0 Å². The minimum absolute atomic E-state index is 0.0195. The van der Waals surface area contributed by atoms with E-state index in [1.54, 1.807) is 6.07 Å². The largest absolute Gasteiger partial charge is 0.478 e. The number of hydrogen-bond donors (Lipinski definition) is 1. The molecular weight excluding hydrogens is 491 g/mol. The van der Waals surface area contributed by atoms with Gasteiger partial charge in [0.15, 0.2) is 0 Å².